The van der Waals surface area contributed by atoms with E-state index < -0.39 is 5.54 Å². The second-order valence-electron chi connectivity index (χ2n) is 6.07. The fraction of sp³-hybridized carbons (Fsp3) is 0.938. The molecule has 19 heavy (non-hydrogen) atoms. The third-order valence-corrected chi connectivity index (χ3v) is 3.77. The topological polar surface area (TPSA) is 39.1 Å². The maximum atomic E-state index is 9.37. The quantitative estimate of drug-likeness (QED) is 0.615. The van der Waals surface area contributed by atoms with Crippen LogP contribution in [0.25, 0.3) is 0 Å². The van der Waals surface area contributed by atoms with Crippen LogP contribution < -0.4 is 5.32 Å². The Kier molecular flexibility index (Phi) is 9.05. The predicted molar refractivity (Wildman–Crippen MR) is 83.1 cm³/mol. The number of hydrogen-bond acceptors (Lipinski definition) is 3. The Morgan fingerprint density at radius 3 is 2.26 bits per heavy atom. The van der Waals surface area contributed by atoms with Gasteiger partial charge in [0, 0.05) is 12.1 Å². The molecule has 0 aromatic carbocycles. The molecule has 0 aliphatic carbocycles. The first-order valence-corrected chi connectivity index (χ1v) is 7.82. The molecule has 0 saturated heterocycles. The summed E-state index contributed by atoms with van der Waals surface area (Å²) in [5.41, 5.74) is -0.411. The zero-order chi connectivity index (χ0) is 14.9. The van der Waals surface area contributed by atoms with E-state index in [1.165, 1.54) is 19.3 Å². The first kappa shape index (κ1) is 18.4. The second kappa shape index (κ2) is 9.34. The predicted octanol–water partition coefficient (Wildman–Crippen LogP) is 3.56. The van der Waals surface area contributed by atoms with Crippen molar-refractivity contribution in [2.45, 2.75) is 84.8 Å². The van der Waals surface area contributed by atoms with E-state index in [4.69, 9.17) is 0 Å². The summed E-state index contributed by atoms with van der Waals surface area (Å²) in [6.07, 6.45) is 4.68. The van der Waals surface area contributed by atoms with Gasteiger partial charge in [-0.1, -0.05) is 26.7 Å². The molecule has 0 rings (SSSR count). The second-order valence-corrected chi connectivity index (χ2v) is 6.07. The van der Waals surface area contributed by atoms with Gasteiger partial charge in [-0.2, -0.15) is 5.26 Å². The monoisotopic (exact) mass is 267 g/mol. The standard InChI is InChI=1S/C16H33N3/c1-7-9-10-11-19(14(3)4)15(5)12-16(6,13-17)18-8-2/h14-15,18H,7-12H2,1-6H3. The highest BCUT2D eigenvalue weighted by Crippen LogP contribution is 2.18. The third kappa shape index (κ3) is 6.94. The minimum Gasteiger partial charge on any atom is -0.300 e. The highest BCUT2D eigenvalue weighted by molar-refractivity contribution is 5.05. The van der Waals surface area contributed by atoms with Gasteiger partial charge in [-0.05, 0) is 53.6 Å². The first-order valence-electron chi connectivity index (χ1n) is 7.82. The molecule has 2 atom stereocenters. The fourth-order valence-electron chi connectivity index (χ4n) is 2.79. The van der Waals surface area contributed by atoms with Gasteiger partial charge in [0.1, 0.15) is 5.54 Å². The van der Waals surface area contributed by atoms with Crippen molar-refractivity contribution >= 4 is 0 Å². The summed E-state index contributed by atoms with van der Waals surface area (Å²) in [4.78, 5) is 2.53. The van der Waals surface area contributed by atoms with Crippen LogP contribution in [0.15, 0.2) is 0 Å². The first-order chi connectivity index (χ1) is 8.90. The summed E-state index contributed by atoms with van der Waals surface area (Å²) in [6.45, 7) is 15.0. The van der Waals surface area contributed by atoms with Crippen LogP contribution in [-0.2, 0) is 0 Å². The smallest absolute Gasteiger partial charge is 0.105 e. The Labute approximate surface area is 120 Å². The van der Waals surface area contributed by atoms with Crippen molar-refractivity contribution in [3.8, 4) is 6.07 Å². The van der Waals surface area contributed by atoms with Gasteiger partial charge in [-0.3, -0.25) is 10.2 Å². The van der Waals surface area contributed by atoms with Gasteiger partial charge in [-0.25, -0.2) is 0 Å². The highest BCUT2D eigenvalue weighted by atomic mass is 15.2. The van der Waals surface area contributed by atoms with E-state index in [0.717, 1.165) is 19.5 Å². The van der Waals surface area contributed by atoms with E-state index in [9.17, 15) is 5.26 Å². The van der Waals surface area contributed by atoms with Crippen molar-refractivity contribution < 1.29 is 0 Å². The Morgan fingerprint density at radius 2 is 1.84 bits per heavy atom. The summed E-state index contributed by atoms with van der Waals surface area (Å²) >= 11 is 0. The summed E-state index contributed by atoms with van der Waals surface area (Å²) in [6, 6.07) is 3.40. The minimum atomic E-state index is -0.411. The van der Waals surface area contributed by atoms with E-state index in [-0.39, 0.29) is 0 Å². The lowest BCUT2D eigenvalue weighted by molar-refractivity contribution is 0.136. The lowest BCUT2D eigenvalue weighted by Crippen LogP contribution is -2.49. The number of hydrogen-bond donors (Lipinski definition) is 1. The largest absolute Gasteiger partial charge is 0.300 e. The molecule has 0 aliphatic rings. The zero-order valence-corrected chi connectivity index (χ0v) is 13.8. The maximum Gasteiger partial charge on any atom is 0.105 e. The summed E-state index contributed by atoms with van der Waals surface area (Å²) in [5.74, 6) is 0. The molecule has 2 unspecified atom stereocenters. The lowest BCUT2D eigenvalue weighted by atomic mass is 9.93. The lowest BCUT2D eigenvalue weighted by Gasteiger charge is -2.36. The molecule has 0 heterocycles. The van der Waals surface area contributed by atoms with Gasteiger partial charge < -0.3 is 0 Å². The van der Waals surface area contributed by atoms with Crippen LogP contribution in [0.3, 0.4) is 0 Å². The normalized spacial score (nSPS) is 16.4. The molecule has 0 radical (unpaired) electrons. The van der Waals surface area contributed by atoms with E-state index in [2.05, 4.69) is 50.9 Å². The third-order valence-electron chi connectivity index (χ3n) is 3.77. The van der Waals surface area contributed by atoms with Crippen LogP contribution >= 0.6 is 0 Å². The van der Waals surface area contributed by atoms with Crippen molar-refractivity contribution in [2.24, 2.45) is 0 Å². The molecule has 0 amide bonds. The van der Waals surface area contributed by atoms with E-state index in [0.29, 0.717) is 12.1 Å². The van der Waals surface area contributed by atoms with Crippen LogP contribution in [0.1, 0.15) is 67.2 Å². The van der Waals surface area contributed by atoms with Crippen molar-refractivity contribution in [1.82, 2.24) is 10.2 Å². The number of unbranched alkanes of at least 4 members (excludes halogenated alkanes) is 2. The number of rotatable bonds is 10. The average Bonchev–Trinajstić information content (AvgIpc) is 2.34. The van der Waals surface area contributed by atoms with Crippen LogP contribution in [0.2, 0.25) is 0 Å². The molecule has 0 spiro atoms. The molecular weight excluding hydrogens is 234 g/mol. The highest BCUT2D eigenvalue weighted by Gasteiger charge is 2.28. The van der Waals surface area contributed by atoms with Gasteiger partial charge in [-0.15, -0.1) is 0 Å². The molecule has 0 aromatic rings. The molecule has 0 bridgehead atoms. The molecular formula is C16H33N3. The van der Waals surface area contributed by atoms with Crippen LogP contribution in [0.5, 0.6) is 0 Å². The van der Waals surface area contributed by atoms with Gasteiger partial charge in [0.25, 0.3) is 0 Å². The molecule has 0 saturated carbocycles. The molecule has 0 aromatic heterocycles. The molecule has 112 valence electrons. The van der Waals surface area contributed by atoms with E-state index >= 15 is 0 Å². The van der Waals surface area contributed by atoms with Crippen molar-refractivity contribution in [1.29, 1.82) is 5.26 Å². The maximum absolute atomic E-state index is 9.37. The number of nitriles is 1. The zero-order valence-electron chi connectivity index (χ0n) is 13.8. The van der Waals surface area contributed by atoms with Gasteiger partial charge in [0.05, 0.1) is 6.07 Å². The summed E-state index contributed by atoms with van der Waals surface area (Å²) in [7, 11) is 0. The van der Waals surface area contributed by atoms with Crippen molar-refractivity contribution in [3.05, 3.63) is 0 Å². The Balaban J connectivity index is 4.54. The van der Waals surface area contributed by atoms with Crippen LogP contribution in [-0.4, -0.2) is 35.6 Å². The summed E-state index contributed by atoms with van der Waals surface area (Å²) < 4.78 is 0. The van der Waals surface area contributed by atoms with Crippen LogP contribution in [0, 0.1) is 11.3 Å². The molecule has 1 N–H and O–H groups in total. The Bertz CT molecular complexity index is 270. The van der Waals surface area contributed by atoms with E-state index in [1.807, 2.05) is 6.92 Å². The Hall–Kier alpha value is -0.590. The van der Waals surface area contributed by atoms with Gasteiger partial charge in [0.15, 0.2) is 0 Å². The SMILES string of the molecule is CCCCCN(C(C)C)C(C)CC(C)(C#N)NCC. The van der Waals surface area contributed by atoms with Crippen molar-refractivity contribution in [3.63, 3.8) is 0 Å². The van der Waals surface area contributed by atoms with Crippen molar-refractivity contribution in [2.75, 3.05) is 13.1 Å². The summed E-state index contributed by atoms with van der Waals surface area (Å²) in [5, 5.41) is 12.7. The molecule has 0 aliphatic heterocycles. The van der Waals surface area contributed by atoms with Crippen LogP contribution in [0.4, 0.5) is 0 Å². The number of nitrogens with zero attached hydrogens (tertiary/aromatic N) is 2. The fourth-order valence-corrected chi connectivity index (χ4v) is 2.79. The van der Waals surface area contributed by atoms with E-state index in [1.54, 1.807) is 0 Å². The number of nitrogens with one attached hydrogen (secondary N) is 1. The molecule has 3 nitrogen and oxygen atoms in total. The molecule has 0 fully saturated rings. The Morgan fingerprint density at radius 1 is 1.21 bits per heavy atom. The van der Waals surface area contributed by atoms with Gasteiger partial charge in [0.2, 0.25) is 0 Å². The average molecular weight is 267 g/mol. The van der Waals surface area contributed by atoms with Gasteiger partial charge >= 0.3 is 0 Å². The minimum absolute atomic E-state index is 0.411. The molecule has 3 heteroatoms.